The first kappa shape index (κ1) is 19.9. The van der Waals surface area contributed by atoms with Crippen LogP contribution in [0.3, 0.4) is 0 Å². The van der Waals surface area contributed by atoms with Crippen molar-refractivity contribution in [3.05, 3.63) is 39.7 Å². The van der Waals surface area contributed by atoms with Gasteiger partial charge in [-0.15, -0.1) is 10.2 Å². The number of carbonyl (C=O) groups excluding carboxylic acids is 1. The molecular formula is C16H19Cl2N3O3S. The normalized spacial score (nSPS) is 12.7. The molecule has 2 rings (SSSR count). The highest BCUT2D eigenvalue weighted by atomic mass is 35.5. The molecule has 2 aromatic rings. The first-order valence-electron chi connectivity index (χ1n) is 7.54. The Hall–Kier alpha value is -1.44. The molecule has 1 atom stereocenters. The van der Waals surface area contributed by atoms with Crippen molar-refractivity contribution in [1.29, 1.82) is 0 Å². The molecule has 0 aliphatic carbocycles. The van der Waals surface area contributed by atoms with E-state index in [-0.39, 0.29) is 0 Å². The first-order chi connectivity index (χ1) is 11.7. The second-order valence-electron chi connectivity index (χ2n) is 6.26. The van der Waals surface area contributed by atoms with Gasteiger partial charge in [0.05, 0.1) is 0 Å². The van der Waals surface area contributed by atoms with Crippen molar-refractivity contribution >= 4 is 41.1 Å². The summed E-state index contributed by atoms with van der Waals surface area (Å²) < 4.78 is 10.8. The van der Waals surface area contributed by atoms with Crippen molar-refractivity contribution in [2.24, 2.45) is 0 Å². The van der Waals surface area contributed by atoms with E-state index in [2.05, 4.69) is 15.5 Å². The van der Waals surface area contributed by atoms with Crippen LogP contribution in [0.4, 0.5) is 4.79 Å². The fraction of sp³-hybridized carbons (Fsp3) is 0.438. The molecule has 0 saturated carbocycles. The van der Waals surface area contributed by atoms with Crippen molar-refractivity contribution in [1.82, 2.24) is 15.5 Å². The molecule has 0 aliphatic rings. The van der Waals surface area contributed by atoms with Crippen LogP contribution in [0, 0.1) is 0 Å². The van der Waals surface area contributed by atoms with E-state index in [1.807, 2.05) is 0 Å². The molecule has 0 bridgehead atoms. The molecule has 0 saturated heterocycles. The van der Waals surface area contributed by atoms with Crippen molar-refractivity contribution in [2.75, 3.05) is 0 Å². The molecule has 0 unspecified atom stereocenters. The van der Waals surface area contributed by atoms with Crippen molar-refractivity contribution in [3.63, 3.8) is 0 Å². The van der Waals surface area contributed by atoms with Crippen LogP contribution >= 0.6 is 35.0 Å². The van der Waals surface area contributed by atoms with Gasteiger partial charge in [-0.3, -0.25) is 0 Å². The SMILES string of the molecule is C[C@H](NC(=O)OC(C)(C)C)c1nnc(SCc2c(Cl)cccc2Cl)o1. The molecule has 25 heavy (non-hydrogen) atoms. The lowest BCUT2D eigenvalue weighted by Gasteiger charge is -2.20. The Labute approximate surface area is 160 Å². The number of aromatic nitrogens is 2. The Morgan fingerprint density at radius 1 is 1.32 bits per heavy atom. The van der Waals surface area contributed by atoms with Crippen LogP contribution < -0.4 is 5.32 Å². The Balaban J connectivity index is 1.94. The standard InChI is InChI=1S/C16H19Cl2N3O3S/c1-9(19-14(22)24-16(2,3)4)13-20-21-15(23-13)25-8-10-11(17)6-5-7-12(10)18/h5-7,9H,8H2,1-4H3,(H,19,22)/t9-/m0/s1. The van der Waals surface area contributed by atoms with E-state index in [4.69, 9.17) is 32.4 Å². The molecule has 0 spiro atoms. The third kappa shape index (κ3) is 6.09. The molecule has 0 radical (unpaired) electrons. The van der Waals surface area contributed by atoms with E-state index < -0.39 is 17.7 Å². The molecule has 6 nitrogen and oxygen atoms in total. The molecule has 1 aromatic carbocycles. The summed E-state index contributed by atoms with van der Waals surface area (Å²) in [4.78, 5) is 11.8. The highest BCUT2D eigenvalue weighted by molar-refractivity contribution is 7.98. The summed E-state index contributed by atoms with van der Waals surface area (Å²) >= 11 is 13.6. The Kier molecular flexibility index (Phi) is 6.59. The number of ether oxygens (including phenoxy) is 1. The number of hydrogen-bond acceptors (Lipinski definition) is 6. The number of nitrogens with one attached hydrogen (secondary N) is 1. The number of nitrogens with zero attached hydrogens (tertiary/aromatic N) is 2. The highest BCUT2D eigenvalue weighted by Crippen LogP contribution is 2.31. The smallest absolute Gasteiger partial charge is 0.408 e. The third-order valence-electron chi connectivity index (χ3n) is 2.93. The van der Waals surface area contributed by atoms with Gasteiger partial charge in [-0.05, 0) is 45.4 Å². The third-order valence-corrected chi connectivity index (χ3v) is 4.48. The van der Waals surface area contributed by atoms with E-state index in [9.17, 15) is 4.79 Å². The second-order valence-corrected chi connectivity index (χ2v) is 8.00. The van der Waals surface area contributed by atoms with Crippen LogP contribution in [0.15, 0.2) is 27.8 Å². The molecular weight excluding hydrogens is 385 g/mol. The van der Waals surface area contributed by atoms with Gasteiger partial charge in [-0.2, -0.15) is 0 Å². The summed E-state index contributed by atoms with van der Waals surface area (Å²) in [6.45, 7) is 7.10. The molecule has 1 aromatic heterocycles. The van der Waals surface area contributed by atoms with Crippen LogP contribution in [0.2, 0.25) is 10.0 Å². The lowest BCUT2D eigenvalue weighted by atomic mass is 10.2. The lowest BCUT2D eigenvalue weighted by molar-refractivity contribution is 0.0500. The van der Waals surface area contributed by atoms with Crippen LogP contribution in [0.25, 0.3) is 0 Å². The zero-order chi connectivity index (χ0) is 18.6. The fourth-order valence-corrected chi connectivity index (χ4v) is 3.32. The minimum Gasteiger partial charge on any atom is -0.444 e. The average Bonchev–Trinajstić information content (AvgIpc) is 2.93. The Morgan fingerprint density at radius 3 is 2.56 bits per heavy atom. The van der Waals surface area contributed by atoms with Gasteiger partial charge in [0.15, 0.2) is 0 Å². The number of halogens is 2. The van der Waals surface area contributed by atoms with Crippen LogP contribution in [0.1, 0.15) is 45.2 Å². The average molecular weight is 404 g/mol. The Morgan fingerprint density at radius 2 is 1.96 bits per heavy atom. The van der Waals surface area contributed by atoms with Crippen LogP contribution in [0.5, 0.6) is 0 Å². The summed E-state index contributed by atoms with van der Waals surface area (Å²) in [5, 5.41) is 12.1. The number of carbonyl (C=O) groups is 1. The van der Waals surface area contributed by atoms with E-state index in [1.165, 1.54) is 11.8 Å². The maximum absolute atomic E-state index is 11.8. The number of alkyl carbamates (subject to hydrolysis) is 1. The molecule has 9 heteroatoms. The Bertz CT molecular complexity index is 726. The molecule has 1 amide bonds. The van der Waals surface area contributed by atoms with Gasteiger partial charge in [-0.25, -0.2) is 4.79 Å². The highest BCUT2D eigenvalue weighted by Gasteiger charge is 2.21. The van der Waals surface area contributed by atoms with E-state index in [0.717, 1.165) is 5.56 Å². The molecule has 136 valence electrons. The predicted molar refractivity (Wildman–Crippen MR) is 98.1 cm³/mol. The number of rotatable bonds is 5. The predicted octanol–water partition coefficient (Wildman–Crippen LogP) is 5.25. The summed E-state index contributed by atoms with van der Waals surface area (Å²) in [5.74, 6) is 0.784. The summed E-state index contributed by atoms with van der Waals surface area (Å²) in [6, 6.07) is 4.86. The van der Waals surface area contributed by atoms with Gasteiger partial charge in [0.1, 0.15) is 11.6 Å². The molecule has 0 fully saturated rings. The van der Waals surface area contributed by atoms with Gasteiger partial charge in [0.2, 0.25) is 5.89 Å². The number of hydrogen-bond donors (Lipinski definition) is 1. The number of thioether (sulfide) groups is 1. The second kappa shape index (κ2) is 8.29. The van der Waals surface area contributed by atoms with Gasteiger partial charge in [0, 0.05) is 15.8 Å². The van der Waals surface area contributed by atoms with Crippen LogP contribution in [-0.4, -0.2) is 21.9 Å². The largest absolute Gasteiger partial charge is 0.444 e. The van der Waals surface area contributed by atoms with Crippen molar-refractivity contribution in [3.8, 4) is 0 Å². The van der Waals surface area contributed by atoms with E-state index in [1.54, 1.807) is 45.9 Å². The van der Waals surface area contributed by atoms with Gasteiger partial charge in [0.25, 0.3) is 5.22 Å². The maximum Gasteiger partial charge on any atom is 0.408 e. The van der Waals surface area contributed by atoms with Crippen LogP contribution in [-0.2, 0) is 10.5 Å². The summed E-state index contributed by atoms with van der Waals surface area (Å²) in [6.07, 6.45) is -0.546. The molecule has 1 N–H and O–H groups in total. The number of amides is 1. The molecule has 0 aliphatic heterocycles. The number of benzene rings is 1. The topological polar surface area (TPSA) is 77.2 Å². The van der Waals surface area contributed by atoms with Gasteiger partial charge in [-0.1, -0.05) is 41.0 Å². The first-order valence-corrected chi connectivity index (χ1v) is 9.28. The summed E-state index contributed by atoms with van der Waals surface area (Å²) in [5.41, 5.74) is 0.226. The van der Waals surface area contributed by atoms with E-state index in [0.29, 0.717) is 26.9 Å². The molecule has 1 heterocycles. The van der Waals surface area contributed by atoms with E-state index >= 15 is 0 Å². The lowest BCUT2D eigenvalue weighted by Crippen LogP contribution is -2.34. The quantitative estimate of drug-likeness (QED) is 0.686. The van der Waals surface area contributed by atoms with Gasteiger partial charge >= 0.3 is 6.09 Å². The zero-order valence-corrected chi connectivity index (χ0v) is 16.6. The fourth-order valence-electron chi connectivity index (χ4n) is 1.80. The summed E-state index contributed by atoms with van der Waals surface area (Å²) in [7, 11) is 0. The van der Waals surface area contributed by atoms with Crippen molar-refractivity contribution < 1.29 is 13.9 Å². The maximum atomic E-state index is 11.8. The minimum atomic E-state index is -0.576. The minimum absolute atomic E-state index is 0.290. The van der Waals surface area contributed by atoms with Crippen molar-refractivity contribution in [2.45, 2.75) is 50.3 Å². The zero-order valence-electron chi connectivity index (χ0n) is 14.3. The monoisotopic (exact) mass is 403 g/mol. The van der Waals surface area contributed by atoms with Gasteiger partial charge < -0.3 is 14.5 Å².